The van der Waals surface area contributed by atoms with Crippen molar-refractivity contribution in [2.45, 2.75) is 65.3 Å². The van der Waals surface area contributed by atoms with Gasteiger partial charge in [0.1, 0.15) is 5.75 Å². The molecule has 2 aromatic carbocycles. The summed E-state index contributed by atoms with van der Waals surface area (Å²) in [5, 5.41) is 3.49. The quantitative estimate of drug-likeness (QED) is 0.523. The third-order valence-electron chi connectivity index (χ3n) is 4.42. The molecule has 0 aliphatic rings. The van der Waals surface area contributed by atoms with E-state index >= 15 is 0 Å². The normalized spacial score (nSPS) is 11.4. The van der Waals surface area contributed by atoms with E-state index in [0.717, 1.165) is 31.0 Å². The molecule has 0 amide bonds. The van der Waals surface area contributed by atoms with Gasteiger partial charge in [-0.05, 0) is 35.1 Å². The lowest BCUT2D eigenvalue weighted by Crippen LogP contribution is -2.11. The van der Waals surface area contributed by atoms with Crippen molar-refractivity contribution in [2.75, 3.05) is 11.9 Å². The highest BCUT2D eigenvalue weighted by molar-refractivity contribution is 5.48. The van der Waals surface area contributed by atoms with Crippen molar-refractivity contribution in [3.8, 4) is 5.75 Å². The van der Waals surface area contributed by atoms with Gasteiger partial charge >= 0.3 is 0 Å². The van der Waals surface area contributed by atoms with Gasteiger partial charge in [-0.3, -0.25) is 0 Å². The van der Waals surface area contributed by atoms with Gasteiger partial charge in [-0.2, -0.15) is 0 Å². The van der Waals surface area contributed by atoms with Gasteiger partial charge in [0.2, 0.25) is 0 Å². The maximum absolute atomic E-state index is 5.86. The zero-order chi connectivity index (χ0) is 18.1. The number of nitrogens with one attached hydrogen (secondary N) is 1. The molecule has 0 aromatic heterocycles. The molecule has 0 fully saturated rings. The van der Waals surface area contributed by atoms with E-state index in [1.54, 1.807) is 0 Å². The van der Waals surface area contributed by atoms with Gasteiger partial charge < -0.3 is 10.1 Å². The second kappa shape index (κ2) is 9.50. The molecule has 0 bridgehead atoms. The summed E-state index contributed by atoms with van der Waals surface area (Å²) in [6, 6.07) is 17.1. The maximum Gasteiger partial charge on any atom is 0.121 e. The smallest absolute Gasteiger partial charge is 0.121 e. The zero-order valence-electron chi connectivity index (χ0n) is 16.3. The number of rotatable bonds is 9. The van der Waals surface area contributed by atoms with E-state index in [1.807, 2.05) is 12.1 Å². The molecule has 0 atom stereocenters. The van der Waals surface area contributed by atoms with E-state index in [1.165, 1.54) is 30.4 Å². The Morgan fingerprint density at radius 3 is 2.36 bits per heavy atom. The summed E-state index contributed by atoms with van der Waals surface area (Å²) in [7, 11) is 0. The summed E-state index contributed by atoms with van der Waals surface area (Å²) in [5.41, 5.74) is 3.97. The molecule has 25 heavy (non-hydrogen) atoms. The molecule has 136 valence electrons. The minimum absolute atomic E-state index is 0.203. The Morgan fingerprint density at radius 1 is 0.920 bits per heavy atom. The third kappa shape index (κ3) is 6.81. The largest absolute Gasteiger partial charge is 0.494 e. The van der Waals surface area contributed by atoms with Crippen molar-refractivity contribution in [3.05, 3.63) is 59.7 Å². The first-order valence-electron chi connectivity index (χ1n) is 9.55. The Kier molecular flexibility index (Phi) is 7.36. The van der Waals surface area contributed by atoms with Crippen molar-refractivity contribution in [1.82, 2.24) is 0 Å². The van der Waals surface area contributed by atoms with Crippen LogP contribution in [0.1, 0.15) is 64.5 Å². The van der Waals surface area contributed by atoms with E-state index < -0.39 is 0 Å². The first kappa shape index (κ1) is 19.4. The molecule has 1 N–H and O–H groups in total. The van der Waals surface area contributed by atoms with Crippen molar-refractivity contribution >= 4 is 5.69 Å². The highest BCUT2D eigenvalue weighted by Crippen LogP contribution is 2.23. The van der Waals surface area contributed by atoms with Crippen LogP contribution in [0.15, 0.2) is 48.5 Å². The number of benzene rings is 2. The van der Waals surface area contributed by atoms with Crippen LogP contribution in [-0.4, -0.2) is 6.61 Å². The Morgan fingerprint density at radius 2 is 1.68 bits per heavy atom. The van der Waals surface area contributed by atoms with Crippen LogP contribution in [0.4, 0.5) is 5.69 Å². The Hall–Kier alpha value is -1.96. The number of hydrogen-bond acceptors (Lipinski definition) is 2. The van der Waals surface area contributed by atoms with E-state index in [4.69, 9.17) is 4.74 Å². The standard InChI is InChI=1S/C23H33NO/c1-5-6-7-8-16-25-22-11-9-10-21(17-22)24-18-19-12-14-20(15-13-19)23(2,3)4/h9-15,17,24H,5-8,16,18H2,1-4H3. The third-order valence-corrected chi connectivity index (χ3v) is 4.42. The Labute approximate surface area is 153 Å². The first-order chi connectivity index (χ1) is 12.0. The highest BCUT2D eigenvalue weighted by Gasteiger charge is 2.12. The summed E-state index contributed by atoms with van der Waals surface area (Å²) in [5.74, 6) is 0.949. The average molecular weight is 340 g/mol. The van der Waals surface area contributed by atoms with Gasteiger partial charge in [0.25, 0.3) is 0 Å². The average Bonchev–Trinajstić information content (AvgIpc) is 2.60. The molecule has 2 aromatic rings. The monoisotopic (exact) mass is 339 g/mol. The topological polar surface area (TPSA) is 21.3 Å². The van der Waals surface area contributed by atoms with Crippen LogP contribution in [0, 0.1) is 0 Å². The molecule has 0 aliphatic carbocycles. The Balaban J connectivity index is 1.83. The zero-order valence-corrected chi connectivity index (χ0v) is 16.3. The van der Waals surface area contributed by atoms with Crippen LogP contribution in [0.2, 0.25) is 0 Å². The van der Waals surface area contributed by atoms with Gasteiger partial charge in [0.15, 0.2) is 0 Å². The summed E-state index contributed by atoms with van der Waals surface area (Å²) in [4.78, 5) is 0. The fourth-order valence-corrected chi connectivity index (χ4v) is 2.74. The predicted molar refractivity (Wildman–Crippen MR) is 109 cm³/mol. The predicted octanol–water partition coefficient (Wildman–Crippen LogP) is 6.56. The van der Waals surface area contributed by atoms with Crippen LogP contribution in [0.25, 0.3) is 0 Å². The molecule has 2 rings (SSSR count). The maximum atomic E-state index is 5.86. The van der Waals surface area contributed by atoms with Gasteiger partial charge in [-0.1, -0.05) is 77.3 Å². The summed E-state index contributed by atoms with van der Waals surface area (Å²) < 4.78 is 5.86. The lowest BCUT2D eigenvalue weighted by molar-refractivity contribution is 0.305. The summed E-state index contributed by atoms with van der Waals surface area (Å²) >= 11 is 0. The Bertz CT molecular complexity index is 625. The summed E-state index contributed by atoms with van der Waals surface area (Å²) in [6.45, 7) is 10.6. The van der Waals surface area contributed by atoms with Gasteiger partial charge in [0.05, 0.1) is 6.61 Å². The molecule has 0 aliphatic heterocycles. The lowest BCUT2D eigenvalue weighted by Gasteiger charge is -2.19. The molecule has 2 nitrogen and oxygen atoms in total. The van der Waals surface area contributed by atoms with Gasteiger partial charge in [-0.25, -0.2) is 0 Å². The van der Waals surface area contributed by atoms with E-state index in [9.17, 15) is 0 Å². The lowest BCUT2D eigenvalue weighted by atomic mass is 9.87. The molecule has 0 saturated carbocycles. The molecule has 0 unspecified atom stereocenters. The minimum atomic E-state index is 0.203. The molecule has 0 heterocycles. The SMILES string of the molecule is CCCCCCOc1cccc(NCc2ccc(C(C)(C)C)cc2)c1. The molecule has 0 spiro atoms. The highest BCUT2D eigenvalue weighted by atomic mass is 16.5. The van der Waals surface area contributed by atoms with Gasteiger partial charge in [0, 0.05) is 18.3 Å². The molecule has 2 heteroatoms. The number of ether oxygens (including phenoxy) is 1. The van der Waals surface area contributed by atoms with Crippen LogP contribution in [0.3, 0.4) is 0 Å². The second-order valence-corrected chi connectivity index (χ2v) is 7.74. The van der Waals surface area contributed by atoms with E-state index in [0.29, 0.717) is 0 Å². The van der Waals surface area contributed by atoms with Crippen LogP contribution < -0.4 is 10.1 Å². The summed E-state index contributed by atoms with van der Waals surface area (Å²) in [6.07, 6.45) is 4.93. The second-order valence-electron chi connectivity index (χ2n) is 7.74. The number of hydrogen-bond donors (Lipinski definition) is 1. The number of anilines is 1. The molecule has 0 saturated heterocycles. The van der Waals surface area contributed by atoms with Crippen LogP contribution >= 0.6 is 0 Å². The molecular weight excluding hydrogens is 306 g/mol. The first-order valence-corrected chi connectivity index (χ1v) is 9.55. The van der Waals surface area contributed by atoms with E-state index in [2.05, 4.69) is 69.4 Å². The molecular formula is C23H33NO. The van der Waals surface area contributed by atoms with Gasteiger partial charge in [-0.15, -0.1) is 0 Å². The number of unbranched alkanes of at least 4 members (excludes halogenated alkanes) is 3. The molecule has 0 radical (unpaired) electrons. The van der Waals surface area contributed by atoms with Crippen LogP contribution in [0.5, 0.6) is 5.75 Å². The minimum Gasteiger partial charge on any atom is -0.494 e. The fraction of sp³-hybridized carbons (Fsp3) is 0.478. The fourth-order valence-electron chi connectivity index (χ4n) is 2.74. The van der Waals surface area contributed by atoms with Crippen molar-refractivity contribution in [1.29, 1.82) is 0 Å². The van der Waals surface area contributed by atoms with Crippen molar-refractivity contribution < 1.29 is 4.74 Å². The van der Waals surface area contributed by atoms with E-state index in [-0.39, 0.29) is 5.41 Å². The van der Waals surface area contributed by atoms with Crippen LogP contribution in [-0.2, 0) is 12.0 Å². The van der Waals surface area contributed by atoms with Crippen molar-refractivity contribution in [2.24, 2.45) is 0 Å². The van der Waals surface area contributed by atoms with Crippen molar-refractivity contribution in [3.63, 3.8) is 0 Å².